The molecule has 0 aliphatic rings. The van der Waals surface area contributed by atoms with E-state index in [1.807, 2.05) is 0 Å². The number of aromatic amines is 1. The van der Waals surface area contributed by atoms with Gasteiger partial charge < -0.3 is 4.98 Å². The highest BCUT2D eigenvalue weighted by atomic mass is 32.2. The zero-order chi connectivity index (χ0) is 15.6. The molecular weight excluding hydrogens is 318 g/mol. The lowest BCUT2D eigenvalue weighted by Gasteiger charge is -2.05. The third-order valence-corrected chi connectivity index (χ3v) is 5.64. The maximum Gasteiger partial charge on any atom is 0.305 e. The van der Waals surface area contributed by atoms with Gasteiger partial charge in [0.05, 0.1) is 4.92 Å². The molecule has 0 aliphatic carbocycles. The molecule has 2 aromatic rings. The average Bonchev–Trinajstić information content (AvgIpc) is 2.77. The minimum Gasteiger partial charge on any atom is -0.315 e. The Labute approximate surface area is 123 Å². The van der Waals surface area contributed by atoms with E-state index in [0.29, 0.717) is 16.9 Å². The summed E-state index contributed by atoms with van der Waals surface area (Å²) in [5.74, 6) is 0. The van der Waals surface area contributed by atoms with Crippen LogP contribution in [-0.4, -0.2) is 18.3 Å². The largest absolute Gasteiger partial charge is 0.315 e. The molecule has 0 fully saturated rings. The Bertz CT molecular complexity index is 820. The minimum atomic E-state index is -3.79. The summed E-state index contributed by atoms with van der Waals surface area (Å²) in [6.45, 7) is 1.48. The van der Waals surface area contributed by atoms with Crippen molar-refractivity contribution in [1.29, 1.82) is 0 Å². The first-order valence-electron chi connectivity index (χ1n) is 5.72. The van der Waals surface area contributed by atoms with E-state index in [-0.39, 0.29) is 22.1 Å². The molecule has 112 valence electrons. The van der Waals surface area contributed by atoms with Gasteiger partial charge in [0.2, 0.25) is 0 Å². The highest BCUT2D eigenvalue weighted by Crippen LogP contribution is 2.17. The molecule has 10 heteroatoms. The molecule has 0 unspecified atom stereocenters. The summed E-state index contributed by atoms with van der Waals surface area (Å²) in [6.07, 6.45) is 0. The first-order valence-corrected chi connectivity index (χ1v) is 8.02. The van der Waals surface area contributed by atoms with E-state index in [1.165, 1.54) is 31.2 Å². The first kappa shape index (κ1) is 15.4. The van der Waals surface area contributed by atoms with E-state index >= 15 is 0 Å². The van der Waals surface area contributed by atoms with Crippen molar-refractivity contribution in [3.63, 3.8) is 0 Å². The number of hydrogen-bond acceptors (Lipinski definition) is 6. The number of aryl methyl sites for hydroxylation is 1. The molecule has 2 N–H and O–H groups in total. The van der Waals surface area contributed by atoms with E-state index in [0.717, 1.165) is 0 Å². The molecule has 1 aromatic heterocycles. The van der Waals surface area contributed by atoms with Gasteiger partial charge in [-0.25, -0.2) is 13.1 Å². The molecule has 1 heterocycles. The molecule has 0 saturated heterocycles. The summed E-state index contributed by atoms with van der Waals surface area (Å²) in [7, 11) is -3.79. The van der Waals surface area contributed by atoms with Gasteiger partial charge in [-0.15, -0.1) is 0 Å². The van der Waals surface area contributed by atoms with E-state index in [9.17, 15) is 23.3 Å². The predicted octanol–water partition coefficient (Wildman–Crippen LogP) is 1.13. The second kappa shape index (κ2) is 5.76. The summed E-state index contributed by atoms with van der Waals surface area (Å²) in [5.41, 5.74) is 0.784. The molecule has 0 spiro atoms. The summed E-state index contributed by atoms with van der Waals surface area (Å²) in [5, 5.41) is 10.5. The van der Waals surface area contributed by atoms with Gasteiger partial charge in [0.1, 0.15) is 0 Å². The summed E-state index contributed by atoms with van der Waals surface area (Å²) in [4.78, 5) is 23.1. The van der Waals surface area contributed by atoms with E-state index in [1.54, 1.807) is 0 Å². The molecule has 0 bridgehead atoms. The zero-order valence-electron chi connectivity index (χ0n) is 10.8. The second-order valence-corrected chi connectivity index (χ2v) is 7.12. The Morgan fingerprint density at radius 1 is 1.33 bits per heavy atom. The molecule has 2 rings (SSSR count). The monoisotopic (exact) mass is 329 g/mol. The van der Waals surface area contributed by atoms with Crippen molar-refractivity contribution in [2.24, 2.45) is 0 Å². The number of nitrogens with zero attached hydrogens (tertiary/aromatic N) is 1. The van der Waals surface area contributed by atoms with Crippen LogP contribution in [0.3, 0.4) is 0 Å². The van der Waals surface area contributed by atoms with Crippen LogP contribution >= 0.6 is 11.3 Å². The first-order chi connectivity index (χ1) is 9.79. The van der Waals surface area contributed by atoms with Crippen LogP contribution in [0, 0.1) is 17.0 Å². The van der Waals surface area contributed by atoms with Crippen LogP contribution in [-0.2, 0) is 16.6 Å². The molecule has 1 aromatic carbocycles. The maximum atomic E-state index is 12.0. The summed E-state index contributed by atoms with van der Waals surface area (Å²) < 4.78 is 26.4. The summed E-state index contributed by atoms with van der Waals surface area (Å²) >= 11 is 0.612. The molecule has 0 saturated carbocycles. The number of benzene rings is 1. The van der Waals surface area contributed by atoms with Crippen molar-refractivity contribution in [3.8, 4) is 0 Å². The van der Waals surface area contributed by atoms with E-state index in [2.05, 4.69) is 9.71 Å². The van der Waals surface area contributed by atoms with Crippen LogP contribution in [0.5, 0.6) is 0 Å². The second-order valence-electron chi connectivity index (χ2n) is 4.18. The average molecular weight is 329 g/mol. The van der Waals surface area contributed by atoms with Crippen molar-refractivity contribution >= 4 is 27.0 Å². The van der Waals surface area contributed by atoms with Gasteiger partial charge in [-0.2, -0.15) is 0 Å². The lowest BCUT2D eigenvalue weighted by molar-refractivity contribution is -0.384. The van der Waals surface area contributed by atoms with Crippen LogP contribution in [0.2, 0.25) is 0 Å². The van der Waals surface area contributed by atoms with Gasteiger partial charge in [-0.1, -0.05) is 23.5 Å². The Balaban J connectivity index is 2.13. The Morgan fingerprint density at radius 2 is 1.95 bits per heavy atom. The van der Waals surface area contributed by atoms with E-state index < -0.39 is 19.8 Å². The lowest BCUT2D eigenvalue weighted by Crippen LogP contribution is -2.23. The number of rotatable bonds is 5. The Kier molecular flexibility index (Phi) is 4.21. The van der Waals surface area contributed by atoms with Crippen molar-refractivity contribution < 1.29 is 13.3 Å². The zero-order valence-corrected chi connectivity index (χ0v) is 12.5. The number of aromatic nitrogens is 1. The van der Waals surface area contributed by atoms with Gasteiger partial charge in [0.15, 0.2) is 4.21 Å². The van der Waals surface area contributed by atoms with Gasteiger partial charge in [-0.05, 0) is 12.5 Å². The van der Waals surface area contributed by atoms with Crippen LogP contribution in [0.25, 0.3) is 0 Å². The normalized spacial score (nSPS) is 11.5. The maximum absolute atomic E-state index is 12.0. The van der Waals surface area contributed by atoms with Gasteiger partial charge in [-0.3, -0.25) is 14.9 Å². The lowest BCUT2D eigenvalue weighted by atomic mass is 10.2. The van der Waals surface area contributed by atoms with Gasteiger partial charge >= 0.3 is 4.87 Å². The topological polar surface area (TPSA) is 122 Å². The molecular formula is C11H11N3O5S2. The van der Waals surface area contributed by atoms with Crippen LogP contribution in [0.15, 0.2) is 33.3 Å². The van der Waals surface area contributed by atoms with Crippen molar-refractivity contribution in [2.75, 3.05) is 0 Å². The van der Waals surface area contributed by atoms with E-state index in [4.69, 9.17) is 0 Å². The fourth-order valence-corrected chi connectivity index (χ4v) is 3.99. The Hall–Kier alpha value is -2.04. The molecule has 21 heavy (non-hydrogen) atoms. The number of nitro groups is 1. The fourth-order valence-electron chi connectivity index (χ4n) is 1.63. The quantitative estimate of drug-likeness (QED) is 0.629. The predicted molar refractivity (Wildman–Crippen MR) is 76.8 cm³/mol. The van der Waals surface area contributed by atoms with Gasteiger partial charge in [0.25, 0.3) is 15.7 Å². The number of sulfonamides is 1. The molecule has 0 radical (unpaired) electrons. The molecule has 0 aliphatic heterocycles. The fraction of sp³-hybridized carbons (Fsp3) is 0.182. The molecule has 8 nitrogen and oxygen atoms in total. The number of H-pyrrole nitrogens is 1. The number of hydrogen-bond donors (Lipinski definition) is 2. The van der Waals surface area contributed by atoms with Crippen molar-refractivity contribution in [3.05, 3.63) is 55.3 Å². The Morgan fingerprint density at radius 3 is 2.43 bits per heavy atom. The number of nitro benzene ring substituents is 1. The number of thiazole rings is 1. The van der Waals surface area contributed by atoms with Crippen LogP contribution < -0.4 is 9.60 Å². The number of nitrogens with one attached hydrogen (secondary N) is 2. The third kappa shape index (κ3) is 3.54. The highest BCUT2D eigenvalue weighted by molar-refractivity contribution is 7.91. The smallest absolute Gasteiger partial charge is 0.305 e. The summed E-state index contributed by atoms with van der Waals surface area (Å²) in [6, 6.07) is 5.52. The number of non-ortho nitro benzene ring substituents is 1. The van der Waals surface area contributed by atoms with Gasteiger partial charge in [0, 0.05) is 24.4 Å². The van der Waals surface area contributed by atoms with Crippen molar-refractivity contribution in [1.82, 2.24) is 9.71 Å². The van der Waals surface area contributed by atoms with Crippen molar-refractivity contribution in [2.45, 2.75) is 17.7 Å². The minimum absolute atomic E-state index is 0.0220. The molecule has 0 amide bonds. The molecule has 0 atom stereocenters. The van der Waals surface area contributed by atoms with Crippen LogP contribution in [0.4, 0.5) is 5.69 Å². The third-order valence-electron chi connectivity index (χ3n) is 2.64. The highest BCUT2D eigenvalue weighted by Gasteiger charge is 2.20. The standard InChI is InChI=1S/C11H11N3O5S2/c1-7-10(20-11(15)13-7)21(18,19)12-6-8-2-4-9(5-3-8)14(16)17/h2-5,12H,6H2,1H3,(H,13,15). The van der Waals surface area contributed by atoms with Crippen LogP contribution in [0.1, 0.15) is 11.3 Å². The SMILES string of the molecule is Cc1[nH]c(=O)sc1S(=O)(=O)NCc1ccc([N+](=O)[O-])cc1.